The molecule has 3 fully saturated rings. The lowest BCUT2D eigenvalue weighted by molar-refractivity contribution is -0.310. The van der Waals surface area contributed by atoms with E-state index in [0.717, 1.165) is 0 Å². The molecule has 7 heteroatoms. The lowest BCUT2D eigenvalue weighted by Crippen LogP contribution is -2.74. The molecule has 29 heavy (non-hydrogen) atoms. The molecular formula is C22H32O7. The first-order valence-corrected chi connectivity index (χ1v) is 10.5. The third-order valence-corrected chi connectivity index (χ3v) is 8.81. The van der Waals surface area contributed by atoms with E-state index in [1.165, 1.54) is 13.0 Å². The Balaban J connectivity index is 1.87. The average molecular weight is 408 g/mol. The maximum atomic E-state index is 12.1. The maximum absolute atomic E-state index is 12.1. The zero-order valence-corrected chi connectivity index (χ0v) is 17.8. The van der Waals surface area contributed by atoms with Crippen molar-refractivity contribution in [3.8, 4) is 0 Å². The molecule has 3 N–H and O–H groups in total. The Morgan fingerprint density at radius 1 is 1.10 bits per heavy atom. The molecule has 0 spiro atoms. The van der Waals surface area contributed by atoms with E-state index >= 15 is 0 Å². The van der Waals surface area contributed by atoms with Crippen molar-refractivity contribution in [1.29, 1.82) is 0 Å². The summed E-state index contributed by atoms with van der Waals surface area (Å²) in [5.74, 6) is -3.75. The molecule has 3 saturated carbocycles. The molecule has 0 aromatic carbocycles. The highest BCUT2D eigenvalue weighted by atomic mass is 16.7. The van der Waals surface area contributed by atoms with Gasteiger partial charge in [-0.15, -0.1) is 0 Å². The average Bonchev–Trinajstić information content (AvgIpc) is 2.89. The fourth-order valence-electron chi connectivity index (χ4n) is 7.21. The van der Waals surface area contributed by atoms with E-state index in [1.54, 1.807) is 6.92 Å². The molecule has 0 amide bonds. The third-order valence-electron chi connectivity index (χ3n) is 8.81. The second kappa shape index (κ2) is 5.83. The number of rotatable bonds is 1. The van der Waals surface area contributed by atoms with Gasteiger partial charge in [0.15, 0.2) is 0 Å². The van der Waals surface area contributed by atoms with Crippen LogP contribution in [0.2, 0.25) is 0 Å². The van der Waals surface area contributed by atoms with Gasteiger partial charge in [0.2, 0.25) is 5.79 Å². The summed E-state index contributed by atoms with van der Waals surface area (Å²) in [5, 5.41) is 34.7. The summed E-state index contributed by atoms with van der Waals surface area (Å²) in [6.07, 6.45) is 2.92. The van der Waals surface area contributed by atoms with Crippen molar-refractivity contribution in [2.75, 3.05) is 0 Å². The lowest BCUT2D eigenvalue weighted by atomic mass is 9.39. The van der Waals surface area contributed by atoms with Gasteiger partial charge >= 0.3 is 11.9 Å². The Morgan fingerprint density at radius 2 is 1.76 bits per heavy atom. The van der Waals surface area contributed by atoms with Crippen LogP contribution in [-0.4, -0.2) is 50.4 Å². The first-order chi connectivity index (χ1) is 13.2. The summed E-state index contributed by atoms with van der Waals surface area (Å²) < 4.78 is 11.0. The molecule has 1 heterocycles. The van der Waals surface area contributed by atoms with Crippen molar-refractivity contribution in [1.82, 2.24) is 0 Å². The first-order valence-electron chi connectivity index (χ1n) is 10.5. The van der Waals surface area contributed by atoms with Crippen molar-refractivity contribution in [2.45, 2.75) is 89.8 Å². The number of ether oxygens (including phenoxy) is 2. The fourth-order valence-corrected chi connectivity index (χ4v) is 7.21. The van der Waals surface area contributed by atoms with E-state index in [-0.39, 0.29) is 17.9 Å². The lowest BCUT2D eigenvalue weighted by Gasteiger charge is -2.69. The van der Waals surface area contributed by atoms with E-state index < -0.39 is 51.8 Å². The van der Waals surface area contributed by atoms with Crippen molar-refractivity contribution in [2.24, 2.45) is 22.7 Å². The minimum absolute atomic E-state index is 0.0536. The molecule has 4 aliphatic rings. The van der Waals surface area contributed by atoms with E-state index in [2.05, 4.69) is 0 Å². The molecule has 162 valence electrons. The summed E-state index contributed by atoms with van der Waals surface area (Å²) in [6, 6.07) is 0. The minimum atomic E-state index is -1.91. The second-order valence-corrected chi connectivity index (χ2v) is 10.5. The van der Waals surface area contributed by atoms with Gasteiger partial charge in [-0.1, -0.05) is 20.8 Å². The Hall–Kier alpha value is -1.44. The zero-order valence-electron chi connectivity index (χ0n) is 17.8. The molecule has 7 atom stereocenters. The number of hydrogen-bond acceptors (Lipinski definition) is 7. The normalized spacial score (nSPS) is 50.6. The Morgan fingerprint density at radius 3 is 2.38 bits per heavy atom. The minimum Gasteiger partial charge on any atom is -0.462 e. The van der Waals surface area contributed by atoms with Crippen LogP contribution in [0.3, 0.4) is 0 Å². The van der Waals surface area contributed by atoms with Gasteiger partial charge in [0.05, 0.1) is 11.2 Å². The van der Waals surface area contributed by atoms with Crippen LogP contribution in [0.1, 0.15) is 66.7 Å². The number of fused-ring (bicyclic) bond motifs is 4. The standard InChI is InChI=1S/C22H32O7/c1-12(23)28-16-7-8-18(2,3)22(27)9-6-13-14(19(16,22)4)11-21(26)15(20(13,5)25)10-17(24)29-21/h10,13-14,16,25-27H,6-9,11H2,1-5H3/t13-,14+,16+,19+,20+,21-,22-/m1/s1. The van der Waals surface area contributed by atoms with Crippen molar-refractivity contribution >= 4 is 11.9 Å². The van der Waals surface area contributed by atoms with E-state index in [0.29, 0.717) is 25.7 Å². The van der Waals surface area contributed by atoms with Gasteiger partial charge in [-0.3, -0.25) is 4.79 Å². The van der Waals surface area contributed by atoms with Crippen molar-refractivity contribution in [3.05, 3.63) is 11.6 Å². The summed E-state index contributed by atoms with van der Waals surface area (Å²) in [6.45, 7) is 8.90. The van der Waals surface area contributed by atoms with Crippen molar-refractivity contribution < 1.29 is 34.4 Å². The van der Waals surface area contributed by atoms with Gasteiger partial charge in [0, 0.05) is 30.4 Å². The smallest absolute Gasteiger partial charge is 0.333 e. The topological polar surface area (TPSA) is 113 Å². The fraction of sp³-hybridized carbons (Fsp3) is 0.818. The molecule has 3 aliphatic carbocycles. The van der Waals surface area contributed by atoms with Gasteiger partial charge in [0.25, 0.3) is 0 Å². The summed E-state index contributed by atoms with van der Waals surface area (Å²) in [5.41, 5.74) is -3.83. The van der Waals surface area contributed by atoms with Crippen LogP contribution < -0.4 is 0 Å². The van der Waals surface area contributed by atoms with Crippen LogP contribution in [0.5, 0.6) is 0 Å². The quantitative estimate of drug-likeness (QED) is 0.567. The maximum Gasteiger partial charge on any atom is 0.333 e. The van der Waals surface area contributed by atoms with Gasteiger partial charge in [-0.25, -0.2) is 4.79 Å². The predicted molar refractivity (Wildman–Crippen MR) is 102 cm³/mol. The zero-order chi connectivity index (χ0) is 21.6. The molecule has 4 rings (SSSR count). The van der Waals surface area contributed by atoms with Crippen molar-refractivity contribution in [3.63, 3.8) is 0 Å². The largest absolute Gasteiger partial charge is 0.462 e. The highest BCUT2D eigenvalue weighted by Crippen LogP contribution is 2.69. The van der Waals surface area contributed by atoms with Crippen LogP contribution >= 0.6 is 0 Å². The second-order valence-electron chi connectivity index (χ2n) is 10.5. The molecule has 0 radical (unpaired) electrons. The molecule has 0 unspecified atom stereocenters. The first kappa shape index (κ1) is 20.8. The van der Waals surface area contributed by atoms with E-state index in [4.69, 9.17) is 9.47 Å². The molecular weight excluding hydrogens is 376 g/mol. The Labute approximate surface area is 171 Å². The molecule has 0 bridgehead atoms. The highest BCUT2D eigenvalue weighted by molar-refractivity contribution is 5.87. The number of aliphatic hydroxyl groups is 3. The SMILES string of the molecule is CC(=O)O[C@H]1CCC(C)(C)[C@]2(O)CC[C@@H]3[C@H](C[C@@]4(O)OC(=O)C=C4[C@@]3(C)O)[C@@]12C. The van der Waals surface area contributed by atoms with Crippen LogP contribution in [-0.2, 0) is 19.1 Å². The van der Waals surface area contributed by atoms with E-state index in [9.17, 15) is 24.9 Å². The molecule has 0 saturated heterocycles. The molecule has 0 aromatic rings. The number of carbonyl (C=O) groups is 2. The number of carbonyl (C=O) groups excluding carboxylic acids is 2. The van der Waals surface area contributed by atoms with E-state index in [1.807, 2.05) is 20.8 Å². The van der Waals surface area contributed by atoms with Gasteiger partial charge < -0.3 is 24.8 Å². The van der Waals surface area contributed by atoms with Crippen LogP contribution in [0.4, 0.5) is 0 Å². The Kier molecular flexibility index (Phi) is 4.18. The predicted octanol–water partition coefficient (Wildman–Crippen LogP) is 1.83. The van der Waals surface area contributed by atoms with Gasteiger partial charge in [-0.2, -0.15) is 0 Å². The monoisotopic (exact) mass is 408 g/mol. The summed E-state index contributed by atoms with van der Waals surface area (Å²) >= 11 is 0. The Bertz CT molecular complexity index is 799. The van der Waals surface area contributed by atoms with Crippen LogP contribution in [0, 0.1) is 22.7 Å². The highest BCUT2D eigenvalue weighted by Gasteiger charge is 2.74. The van der Waals surface area contributed by atoms with Crippen LogP contribution in [0.25, 0.3) is 0 Å². The summed E-state index contributed by atoms with van der Waals surface area (Å²) in [7, 11) is 0. The van der Waals surface area contributed by atoms with Crippen LogP contribution in [0.15, 0.2) is 11.6 Å². The number of hydrogen-bond donors (Lipinski definition) is 3. The summed E-state index contributed by atoms with van der Waals surface area (Å²) in [4.78, 5) is 23.8. The third kappa shape index (κ3) is 2.47. The van der Waals surface area contributed by atoms with Gasteiger partial charge in [0.1, 0.15) is 6.10 Å². The molecule has 7 nitrogen and oxygen atoms in total. The molecule has 0 aromatic heterocycles. The molecule has 1 aliphatic heterocycles. The van der Waals surface area contributed by atoms with Gasteiger partial charge in [-0.05, 0) is 49.9 Å². The number of esters is 2.